The van der Waals surface area contributed by atoms with Crippen LogP contribution in [-0.2, 0) is 9.84 Å². The van der Waals surface area contributed by atoms with E-state index < -0.39 is 9.84 Å². The van der Waals surface area contributed by atoms with Crippen molar-refractivity contribution in [1.82, 2.24) is 0 Å². The Morgan fingerprint density at radius 1 is 1.04 bits per heavy atom. The summed E-state index contributed by atoms with van der Waals surface area (Å²) < 4.78 is 30.5. The minimum Gasteiger partial charge on any atom is -0.488 e. The molecule has 2 atom stereocenters. The SMILES string of the molecule is CC(C)(C)Oc1ccc(C(=O)C2CC3CCCC(C2)S3(=O)=O)cc1. The van der Waals surface area contributed by atoms with Crippen molar-refractivity contribution in [2.45, 2.75) is 69.0 Å². The number of carbonyl (C=O) groups is 1. The first-order chi connectivity index (χ1) is 11.2. The summed E-state index contributed by atoms with van der Waals surface area (Å²) in [6.45, 7) is 5.94. The third-order valence-corrected chi connectivity index (χ3v) is 7.72. The summed E-state index contributed by atoms with van der Waals surface area (Å²) >= 11 is 0. The summed E-state index contributed by atoms with van der Waals surface area (Å²) in [6, 6.07) is 7.22. The number of benzene rings is 1. The van der Waals surface area contributed by atoms with Crippen LogP contribution in [0.25, 0.3) is 0 Å². The van der Waals surface area contributed by atoms with Crippen LogP contribution in [0.1, 0.15) is 63.2 Å². The highest BCUT2D eigenvalue weighted by molar-refractivity contribution is 7.92. The number of hydrogen-bond donors (Lipinski definition) is 0. The smallest absolute Gasteiger partial charge is 0.166 e. The van der Waals surface area contributed by atoms with Crippen LogP contribution in [0.3, 0.4) is 0 Å². The van der Waals surface area contributed by atoms with Gasteiger partial charge in [0.25, 0.3) is 0 Å². The van der Waals surface area contributed by atoms with Crippen molar-refractivity contribution in [1.29, 1.82) is 0 Å². The van der Waals surface area contributed by atoms with Gasteiger partial charge in [0.2, 0.25) is 0 Å². The summed E-state index contributed by atoms with van der Waals surface area (Å²) in [6.07, 6.45) is 3.35. The zero-order valence-electron chi connectivity index (χ0n) is 14.6. The molecule has 2 aliphatic rings. The standard InChI is InChI=1S/C19H26O4S/c1-19(2,3)23-15-9-7-13(8-10-15)18(20)14-11-16-5-4-6-17(12-14)24(16,21)22/h7-10,14,16-17H,4-6,11-12H2,1-3H3. The minimum atomic E-state index is -3.01. The molecule has 0 amide bonds. The van der Waals surface area contributed by atoms with Crippen LogP contribution in [0.15, 0.2) is 24.3 Å². The van der Waals surface area contributed by atoms with Gasteiger partial charge in [0.15, 0.2) is 15.6 Å². The van der Waals surface area contributed by atoms with Crippen molar-refractivity contribution in [2.24, 2.45) is 5.92 Å². The molecule has 24 heavy (non-hydrogen) atoms. The molecule has 0 aromatic heterocycles. The van der Waals surface area contributed by atoms with E-state index in [-0.39, 0.29) is 27.8 Å². The van der Waals surface area contributed by atoms with E-state index in [1.165, 1.54) is 0 Å². The fourth-order valence-corrected chi connectivity index (χ4v) is 6.44. The molecule has 0 aliphatic carbocycles. The van der Waals surface area contributed by atoms with Gasteiger partial charge in [-0.15, -0.1) is 0 Å². The highest BCUT2D eigenvalue weighted by Crippen LogP contribution is 2.40. The molecule has 3 rings (SSSR count). The van der Waals surface area contributed by atoms with E-state index in [1.54, 1.807) is 12.1 Å². The molecule has 2 fully saturated rings. The summed E-state index contributed by atoms with van der Waals surface area (Å²) in [5, 5.41) is -0.634. The number of ether oxygens (including phenoxy) is 1. The Morgan fingerprint density at radius 2 is 1.58 bits per heavy atom. The monoisotopic (exact) mass is 350 g/mol. The zero-order valence-corrected chi connectivity index (χ0v) is 15.4. The first-order valence-corrected chi connectivity index (χ1v) is 10.3. The zero-order chi connectivity index (χ0) is 17.5. The van der Waals surface area contributed by atoms with Gasteiger partial charge < -0.3 is 4.74 Å². The molecule has 0 spiro atoms. The number of carbonyl (C=O) groups excluding carboxylic acids is 1. The molecule has 132 valence electrons. The Labute approximate surface area is 144 Å². The van der Waals surface area contributed by atoms with E-state index in [1.807, 2.05) is 32.9 Å². The van der Waals surface area contributed by atoms with E-state index in [9.17, 15) is 13.2 Å². The second kappa shape index (κ2) is 6.17. The van der Waals surface area contributed by atoms with Gasteiger partial charge >= 0.3 is 0 Å². The number of rotatable bonds is 3. The predicted octanol–water partition coefficient (Wildman–Crippen LogP) is 3.79. The Hall–Kier alpha value is -1.36. The van der Waals surface area contributed by atoms with Crippen LogP contribution in [0, 0.1) is 5.92 Å². The molecule has 4 nitrogen and oxygen atoms in total. The summed E-state index contributed by atoms with van der Waals surface area (Å²) in [7, 11) is -3.01. The molecule has 2 bridgehead atoms. The van der Waals surface area contributed by atoms with Crippen LogP contribution in [0.5, 0.6) is 5.75 Å². The highest BCUT2D eigenvalue weighted by atomic mass is 32.2. The lowest BCUT2D eigenvalue weighted by molar-refractivity contribution is 0.0894. The molecule has 0 N–H and O–H groups in total. The number of Topliss-reactive ketones (excluding diaryl/α,β-unsaturated/α-hetero) is 1. The fraction of sp³-hybridized carbons (Fsp3) is 0.632. The van der Waals surface area contributed by atoms with E-state index in [2.05, 4.69) is 0 Å². The molecule has 2 unspecified atom stereocenters. The van der Waals surface area contributed by atoms with Crippen molar-refractivity contribution in [3.63, 3.8) is 0 Å². The minimum absolute atomic E-state index is 0.0732. The first-order valence-electron chi connectivity index (χ1n) is 8.73. The van der Waals surface area contributed by atoms with E-state index >= 15 is 0 Å². The third kappa shape index (κ3) is 3.51. The molecule has 2 heterocycles. The van der Waals surface area contributed by atoms with Crippen molar-refractivity contribution >= 4 is 15.6 Å². The Kier molecular flexibility index (Phi) is 4.49. The van der Waals surface area contributed by atoms with Crippen molar-refractivity contribution in [3.8, 4) is 5.75 Å². The maximum Gasteiger partial charge on any atom is 0.166 e. The van der Waals surface area contributed by atoms with Crippen molar-refractivity contribution < 1.29 is 17.9 Å². The lowest BCUT2D eigenvalue weighted by Crippen LogP contribution is -2.45. The normalized spacial score (nSPS) is 29.0. The first kappa shape index (κ1) is 17.5. The van der Waals surface area contributed by atoms with Gasteiger partial charge in [-0.25, -0.2) is 8.42 Å². The average molecular weight is 350 g/mol. The Balaban J connectivity index is 1.73. The molecular weight excluding hydrogens is 324 g/mol. The van der Waals surface area contributed by atoms with Gasteiger partial charge in [0.1, 0.15) is 11.4 Å². The summed E-state index contributed by atoms with van der Waals surface area (Å²) in [5.74, 6) is 0.643. The number of hydrogen-bond acceptors (Lipinski definition) is 4. The second-order valence-corrected chi connectivity index (χ2v) is 10.5. The molecule has 5 heteroatoms. The van der Waals surface area contributed by atoms with E-state index in [0.717, 1.165) is 12.2 Å². The van der Waals surface area contributed by atoms with Gasteiger partial charge in [-0.3, -0.25) is 4.79 Å². The van der Waals surface area contributed by atoms with Gasteiger partial charge in [-0.05, 0) is 70.7 Å². The summed E-state index contributed by atoms with van der Waals surface area (Å²) in [5.41, 5.74) is 0.374. The molecule has 0 radical (unpaired) electrons. The summed E-state index contributed by atoms with van der Waals surface area (Å²) in [4.78, 5) is 12.8. The molecular formula is C19H26O4S. The third-order valence-electron chi connectivity index (χ3n) is 5.01. The fourth-order valence-electron chi connectivity index (χ4n) is 3.90. The van der Waals surface area contributed by atoms with Crippen LogP contribution < -0.4 is 4.74 Å². The number of ketones is 1. The molecule has 2 saturated heterocycles. The van der Waals surface area contributed by atoms with E-state index in [0.29, 0.717) is 31.2 Å². The Morgan fingerprint density at radius 3 is 2.08 bits per heavy atom. The largest absolute Gasteiger partial charge is 0.488 e. The molecule has 0 saturated carbocycles. The highest BCUT2D eigenvalue weighted by Gasteiger charge is 2.46. The topological polar surface area (TPSA) is 60.4 Å². The second-order valence-electron chi connectivity index (χ2n) is 8.04. The molecule has 1 aromatic rings. The van der Waals surface area contributed by atoms with Crippen LogP contribution >= 0.6 is 0 Å². The van der Waals surface area contributed by atoms with Crippen LogP contribution in [-0.4, -0.2) is 30.3 Å². The predicted molar refractivity (Wildman–Crippen MR) is 94.2 cm³/mol. The van der Waals surface area contributed by atoms with Crippen LogP contribution in [0.4, 0.5) is 0 Å². The maximum atomic E-state index is 12.8. The molecule has 2 aliphatic heterocycles. The Bertz CT molecular complexity index is 693. The van der Waals surface area contributed by atoms with E-state index in [4.69, 9.17) is 4.74 Å². The molecule has 1 aromatic carbocycles. The van der Waals surface area contributed by atoms with Crippen LogP contribution in [0.2, 0.25) is 0 Å². The van der Waals surface area contributed by atoms with Gasteiger partial charge in [0.05, 0.1) is 10.5 Å². The van der Waals surface area contributed by atoms with Crippen molar-refractivity contribution in [3.05, 3.63) is 29.8 Å². The van der Waals surface area contributed by atoms with Crippen molar-refractivity contribution in [2.75, 3.05) is 0 Å². The average Bonchev–Trinajstić information content (AvgIpc) is 2.44. The number of fused-ring (bicyclic) bond motifs is 2. The maximum absolute atomic E-state index is 12.8. The number of sulfone groups is 1. The lowest BCUT2D eigenvalue weighted by Gasteiger charge is -2.38. The van der Waals surface area contributed by atoms with Gasteiger partial charge in [-0.1, -0.05) is 6.42 Å². The van der Waals surface area contributed by atoms with Gasteiger partial charge in [-0.2, -0.15) is 0 Å². The lowest BCUT2D eigenvalue weighted by atomic mass is 9.84. The van der Waals surface area contributed by atoms with Gasteiger partial charge in [0, 0.05) is 11.5 Å². The quantitative estimate of drug-likeness (QED) is 0.778.